The van der Waals surface area contributed by atoms with E-state index in [1.54, 1.807) is 0 Å². The van der Waals surface area contributed by atoms with Gasteiger partial charge in [0.15, 0.2) is 9.84 Å². The summed E-state index contributed by atoms with van der Waals surface area (Å²) < 4.78 is 22.5. The van der Waals surface area contributed by atoms with Crippen LogP contribution in [0.5, 0.6) is 0 Å². The highest BCUT2D eigenvalue weighted by Crippen LogP contribution is 2.17. The van der Waals surface area contributed by atoms with Gasteiger partial charge in [0.2, 0.25) is 0 Å². The third-order valence-electron chi connectivity index (χ3n) is 2.73. The van der Waals surface area contributed by atoms with Gasteiger partial charge in [0.25, 0.3) is 5.91 Å². The van der Waals surface area contributed by atoms with Gasteiger partial charge in [-0.25, -0.2) is 18.4 Å². The van der Waals surface area contributed by atoms with Crippen LogP contribution in [0.3, 0.4) is 0 Å². The SMILES string of the molecule is O=C(NCC1CCS(=O)(=O)C1)c1cnc(Cl)cn1. The van der Waals surface area contributed by atoms with Gasteiger partial charge in [-0.1, -0.05) is 11.6 Å². The van der Waals surface area contributed by atoms with Crippen molar-refractivity contribution in [3.8, 4) is 0 Å². The summed E-state index contributed by atoms with van der Waals surface area (Å²) in [5, 5.41) is 2.87. The summed E-state index contributed by atoms with van der Waals surface area (Å²) >= 11 is 5.56. The Labute approximate surface area is 110 Å². The lowest BCUT2D eigenvalue weighted by atomic mass is 10.1. The van der Waals surface area contributed by atoms with E-state index in [0.717, 1.165) is 0 Å². The molecule has 0 spiro atoms. The number of carbonyl (C=O) groups excluding carboxylic acids is 1. The van der Waals surface area contributed by atoms with E-state index in [1.807, 2.05) is 0 Å². The molecule has 0 radical (unpaired) electrons. The van der Waals surface area contributed by atoms with Gasteiger partial charge in [-0.05, 0) is 12.3 Å². The van der Waals surface area contributed by atoms with E-state index in [2.05, 4.69) is 15.3 Å². The van der Waals surface area contributed by atoms with Crippen molar-refractivity contribution in [2.45, 2.75) is 6.42 Å². The topological polar surface area (TPSA) is 89.0 Å². The third kappa shape index (κ3) is 3.39. The molecule has 1 aromatic heterocycles. The minimum atomic E-state index is -2.91. The molecule has 1 atom stereocenters. The Morgan fingerprint density at radius 3 is 2.78 bits per heavy atom. The first-order chi connectivity index (χ1) is 8.46. The molecule has 6 nitrogen and oxygen atoms in total. The van der Waals surface area contributed by atoms with Crippen LogP contribution in [-0.2, 0) is 9.84 Å². The monoisotopic (exact) mass is 289 g/mol. The molecule has 0 bridgehead atoms. The number of amides is 1. The number of rotatable bonds is 3. The zero-order chi connectivity index (χ0) is 13.2. The maximum absolute atomic E-state index is 11.7. The maximum atomic E-state index is 11.7. The molecule has 1 unspecified atom stereocenters. The number of aromatic nitrogens is 2. The van der Waals surface area contributed by atoms with Crippen LogP contribution in [0.1, 0.15) is 16.9 Å². The number of carbonyl (C=O) groups is 1. The second-order valence-electron chi connectivity index (χ2n) is 4.20. The first-order valence-electron chi connectivity index (χ1n) is 5.42. The van der Waals surface area contributed by atoms with Gasteiger partial charge in [-0.15, -0.1) is 0 Å². The first-order valence-corrected chi connectivity index (χ1v) is 7.62. The summed E-state index contributed by atoms with van der Waals surface area (Å²) in [4.78, 5) is 19.2. The molecule has 0 aliphatic carbocycles. The Kier molecular flexibility index (Phi) is 3.82. The van der Waals surface area contributed by atoms with Crippen molar-refractivity contribution >= 4 is 27.3 Å². The normalized spacial score (nSPS) is 21.7. The first kappa shape index (κ1) is 13.2. The molecule has 8 heteroatoms. The second kappa shape index (κ2) is 5.19. The highest BCUT2D eigenvalue weighted by atomic mass is 35.5. The van der Waals surface area contributed by atoms with Crippen LogP contribution in [0.25, 0.3) is 0 Å². The van der Waals surface area contributed by atoms with Gasteiger partial charge in [-0.2, -0.15) is 0 Å². The lowest BCUT2D eigenvalue weighted by Crippen LogP contribution is -2.30. The molecule has 1 aliphatic rings. The van der Waals surface area contributed by atoms with Crippen molar-refractivity contribution in [2.75, 3.05) is 18.1 Å². The van der Waals surface area contributed by atoms with Crippen LogP contribution in [0.15, 0.2) is 12.4 Å². The summed E-state index contributed by atoms with van der Waals surface area (Å²) in [7, 11) is -2.91. The molecule has 1 aliphatic heterocycles. The van der Waals surface area contributed by atoms with Gasteiger partial charge in [0.05, 0.1) is 23.9 Å². The maximum Gasteiger partial charge on any atom is 0.271 e. The fraction of sp³-hybridized carbons (Fsp3) is 0.500. The minimum absolute atomic E-state index is 0.0146. The van der Waals surface area contributed by atoms with Crippen molar-refractivity contribution in [3.63, 3.8) is 0 Å². The summed E-state index contributed by atoms with van der Waals surface area (Å²) in [5.41, 5.74) is 0.167. The number of halogens is 1. The zero-order valence-electron chi connectivity index (χ0n) is 9.47. The van der Waals surface area contributed by atoms with Crippen molar-refractivity contribution in [2.24, 2.45) is 5.92 Å². The summed E-state index contributed by atoms with van der Waals surface area (Å²) in [6, 6.07) is 0. The number of nitrogens with one attached hydrogen (secondary N) is 1. The van der Waals surface area contributed by atoms with Gasteiger partial charge in [0.1, 0.15) is 10.8 Å². The number of sulfone groups is 1. The quantitative estimate of drug-likeness (QED) is 0.864. The molecule has 1 amide bonds. The molecule has 1 aromatic rings. The molecule has 1 fully saturated rings. The average molecular weight is 290 g/mol. The van der Waals surface area contributed by atoms with E-state index < -0.39 is 9.84 Å². The van der Waals surface area contributed by atoms with Crippen LogP contribution >= 0.6 is 11.6 Å². The van der Waals surface area contributed by atoms with Crippen LogP contribution in [-0.4, -0.2) is 42.3 Å². The molecular formula is C10H12ClN3O3S. The van der Waals surface area contributed by atoms with E-state index in [9.17, 15) is 13.2 Å². The molecule has 0 saturated carbocycles. The van der Waals surface area contributed by atoms with Crippen LogP contribution < -0.4 is 5.32 Å². The Bertz CT molecular complexity index is 544. The van der Waals surface area contributed by atoms with Crippen molar-refractivity contribution in [3.05, 3.63) is 23.2 Å². The van der Waals surface area contributed by atoms with Crippen molar-refractivity contribution in [1.29, 1.82) is 0 Å². The number of hydrogen-bond donors (Lipinski definition) is 1. The molecule has 18 heavy (non-hydrogen) atoms. The predicted molar refractivity (Wildman–Crippen MR) is 66.1 cm³/mol. The Hall–Kier alpha value is -1.21. The highest BCUT2D eigenvalue weighted by molar-refractivity contribution is 7.91. The number of hydrogen-bond acceptors (Lipinski definition) is 5. The predicted octanol–water partition coefficient (Wildman–Crippen LogP) is 0.295. The largest absolute Gasteiger partial charge is 0.350 e. The fourth-order valence-electron chi connectivity index (χ4n) is 1.79. The Morgan fingerprint density at radius 2 is 2.22 bits per heavy atom. The molecule has 2 rings (SSSR count). The molecule has 2 heterocycles. The molecule has 1 saturated heterocycles. The number of nitrogens with zero attached hydrogens (tertiary/aromatic N) is 2. The van der Waals surface area contributed by atoms with Gasteiger partial charge in [0, 0.05) is 6.54 Å². The Balaban J connectivity index is 1.87. The van der Waals surface area contributed by atoms with Crippen molar-refractivity contribution < 1.29 is 13.2 Å². The highest BCUT2D eigenvalue weighted by Gasteiger charge is 2.28. The minimum Gasteiger partial charge on any atom is -0.350 e. The van der Waals surface area contributed by atoms with E-state index in [-0.39, 0.29) is 34.2 Å². The molecule has 1 N–H and O–H groups in total. The van der Waals surface area contributed by atoms with Gasteiger partial charge in [-0.3, -0.25) is 4.79 Å². The van der Waals surface area contributed by atoms with E-state index in [0.29, 0.717) is 13.0 Å². The van der Waals surface area contributed by atoms with Crippen molar-refractivity contribution in [1.82, 2.24) is 15.3 Å². The lowest BCUT2D eigenvalue weighted by molar-refractivity contribution is 0.0943. The summed E-state index contributed by atoms with van der Waals surface area (Å²) in [6.07, 6.45) is 3.16. The van der Waals surface area contributed by atoms with Gasteiger partial charge >= 0.3 is 0 Å². The second-order valence-corrected chi connectivity index (χ2v) is 6.82. The van der Waals surface area contributed by atoms with Crippen LogP contribution in [0.2, 0.25) is 5.15 Å². The molecular weight excluding hydrogens is 278 g/mol. The van der Waals surface area contributed by atoms with E-state index in [1.165, 1.54) is 12.4 Å². The summed E-state index contributed by atoms with van der Waals surface area (Å²) in [6.45, 7) is 0.336. The standard InChI is InChI=1S/C10H12ClN3O3S/c11-9-5-12-8(4-13-9)10(15)14-3-7-1-2-18(16,17)6-7/h4-5,7H,1-3,6H2,(H,14,15). The zero-order valence-corrected chi connectivity index (χ0v) is 11.0. The lowest BCUT2D eigenvalue weighted by Gasteiger charge is -2.08. The summed E-state index contributed by atoms with van der Waals surface area (Å²) in [5.74, 6) is -0.0453. The molecule has 98 valence electrons. The Morgan fingerprint density at radius 1 is 1.44 bits per heavy atom. The third-order valence-corrected chi connectivity index (χ3v) is 4.76. The van der Waals surface area contributed by atoms with Crippen LogP contribution in [0.4, 0.5) is 0 Å². The molecule has 0 aromatic carbocycles. The average Bonchev–Trinajstić information content (AvgIpc) is 2.67. The fourth-order valence-corrected chi connectivity index (χ4v) is 3.75. The van der Waals surface area contributed by atoms with Crippen LogP contribution in [0, 0.1) is 5.92 Å². The van der Waals surface area contributed by atoms with E-state index in [4.69, 9.17) is 11.6 Å². The van der Waals surface area contributed by atoms with Gasteiger partial charge < -0.3 is 5.32 Å². The van der Waals surface area contributed by atoms with E-state index >= 15 is 0 Å². The smallest absolute Gasteiger partial charge is 0.271 e.